The molecular weight excluding hydrogens is 196 g/mol. The first-order chi connectivity index (χ1) is 5.90. The van der Waals surface area contributed by atoms with Crippen molar-refractivity contribution in [2.75, 3.05) is 0 Å². The number of aromatic hydroxyl groups is 1. The predicted octanol–water partition coefficient (Wildman–Crippen LogP) is 0.882. The first kappa shape index (κ1) is 9.82. The molecule has 0 amide bonds. The van der Waals surface area contributed by atoms with Crippen LogP contribution in [0.3, 0.4) is 0 Å². The lowest BCUT2D eigenvalue weighted by Crippen LogP contribution is -2.06. The van der Waals surface area contributed by atoms with E-state index in [1.807, 2.05) is 0 Å². The van der Waals surface area contributed by atoms with Gasteiger partial charge in [-0.3, -0.25) is 4.55 Å². The van der Waals surface area contributed by atoms with E-state index in [2.05, 4.69) is 4.18 Å². The van der Waals surface area contributed by atoms with E-state index in [9.17, 15) is 13.5 Å². The van der Waals surface area contributed by atoms with Crippen molar-refractivity contribution < 1.29 is 22.3 Å². The van der Waals surface area contributed by atoms with Crippen molar-refractivity contribution in [2.45, 2.75) is 6.92 Å². The van der Waals surface area contributed by atoms with Gasteiger partial charge in [-0.05, 0) is 18.6 Å². The fourth-order valence-corrected chi connectivity index (χ4v) is 1.17. The average Bonchev–Trinajstić information content (AvgIpc) is 1.96. The van der Waals surface area contributed by atoms with Gasteiger partial charge in [0.15, 0.2) is 11.5 Å². The van der Waals surface area contributed by atoms with Crippen molar-refractivity contribution in [3.63, 3.8) is 0 Å². The molecule has 1 aromatic carbocycles. The highest BCUT2D eigenvalue weighted by Gasteiger charge is 2.11. The first-order valence-electron chi connectivity index (χ1n) is 3.35. The van der Waals surface area contributed by atoms with Crippen LogP contribution in [0, 0.1) is 6.92 Å². The van der Waals surface area contributed by atoms with Gasteiger partial charge in [0, 0.05) is 0 Å². The standard InChI is InChI=1S/C7H8O5S/c1-5-3-2-4-6(7(5)8)12-13(9,10)11/h2-4,8H,1H3,(H,9,10,11). The molecule has 0 aromatic heterocycles. The lowest BCUT2D eigenvalue weighted by molar-refractivity contribution is 0.370. The minimum absolute atomic E-state index is 0.289. The maximum absolute atomic E-state index is 10.3. The molecule has 0 saturated carbocycles. The molecule has 13 heavy (non-hydrogen) atoms. The monoisotopic (exact) mass is 204 g/mol. The number of rotatable bonds is 2. The topological polar surface area (TPSA) is 83.8 Å². The van der Waals surface area contributed by atoms with Gasteiger partial charge in [0.05, 0.1) is 0 Å². The fourth-order valence-electron chi connectivity index (χ4n) is 0.813. The normalized spacial score (nSPS) is 11.2. The quantitative estimate of drug-likeness (QED) is 0.698. The van der Waals surface area contributed by atoms with E-state index in [1.54, 1.807) is 13.0 Å². The minimum atomic E-state index is -4.58. The zero-order valence-electron chi connectivity index (χ0n) is 6.76. The summed E-state index contributed by atoms with van der Waals surface area (Å²) >= 11 is 0. The van der Waals surface area contributed by atoms with E-state index in [-0.39, 0.29) is 11.5 Å². The Labute approximate surface area is 75.5 Å². The Morgan fingerprint density at radius 3 is 2.54 bits per heavy atom. The van der Waals surface area contributed by atoms with Crippen molar-refractivity contribution in [3.05, 3.63) is 23.8 Å². The lowest BCUT2D eigenvalue weighted by atomic mass is 10.2. The Bertz CT molecular complexity index is 409. The Morgan fingerprint density at radius 1 is 1.38 bits per heavy atom. The third-order valence-electron chi connectivity index (χ3n) is 1.40. The molecule has 2 N–H and O–H groups in total. The molecule has 0 aliphatic heterocycles. The van der Waals surface area contributed by atoms with Gasteiger partial charge in [0.2, 0.25) is 0 Å². The molecular formula is C7H8O5S. The molecule has 0 heterocycles. The van der Waals surface area contributed by atoms with E-state index >= 15 is 0 Å². The predicted molar refractivity (Wildman–Crippen MR) is 45.0 cm³/mol. The van der Waals surface area contributed by atoms with Gasteiger partial charge in [0.25, 0.3) is 0 Å². The summed E-state index contributed by atoms with van der Waals surface area (Å²) in [6.45, 7) is 1.58. The zero-order valence-corrected chi connectivity index (χ0v) is 7.58. The molecule has 1 rings (SSSR count). The molecule has 72 valence electrons. The second kappa shape index (κ2) is 3.23. The van der Waals surface area contributed by atoms with Crippen LogP contribution in [0.15, 0.2) is 18.2 Å². The summed E-state index contributed by atoms with van der Waals surface area (Å²) in [5.74, 6) is -0.595. The largest absolute Gasteiger partial charge is 0.504 e. The Balaban J connectivity index is 3.10. The van der Waals surface area contributed by atoms with Gasteiger partial charge in [-0.1, -0.05) is 12.1 Å². The number of phenolic OH excluding ortho intramolecular Hbond substituents is 1. The zero-order chi connectivity index (χ0) is 10.1. The van der Waals surface area contributed by atoms with Gasteiger partial charge < -0.3 is 9.29 Å². The van der Waals surface area contributed by atoms with Gasteiger partial charge >= 0.3 is 10.4 Å². The van der Waals surface area contributed by atoms with Crippen molar-refractivity contribution in [2.24, 2.45) is 0 Å². The summed E-state index contributed by atoms with van der Waals surface area (Å²) < 4.78 is 33.0. The van der Waals surface area contributed by atoms with Crippen molar-refractivity contribution in [3.8, 4) is 11.5 Å². The summed E-state index contributed by atoms with van der Waals surface area (Å²) in [7, 11) is -4.58. The van der Waals surface area contributed by atoms with Crippen LogP contribution in [-0.4, -0.2) is 18.1 Å². The first-order valence-corrected chi connectivity index (χ1v) is 4.72. The van der Waals surface area contributed by atoms with Gasteiger partial charge in [0.1, 0.15) is 0 Å². The molecule has 5 nitrogen and oxygen atoms in total. The fraction of sp³-hybridized carbons (Fsp3) is 0.143. The van der Waals surface area contributed by atoms with Crippen LogP contribution in [0.2, 0.25) is 0 Å². The molecule has 0 spiro atoms. The second-order valence-corrected chi connectivity index (χ2v) is 3.45. The highest BCUT2D eigenvalue weighted by Crippen LogP contribution is 2.29. The molecule has 0 atom stereocenters. The van der Waals surface area contributed by atoms with Crippen molar-refractivity contribution in [1.29, 1.82) is 0 Å². The molecule has 0 unspecified atom stereocenters. The number of phenols is 1. The van der Waals surface area contributed by atoms with Crippen LogP contribution in [0.25, 0.3) is 0 Å². The summed E-state index contributed by atoms with van der Waals surface area (Å²) in [6, 6.07) is 4.30. The van der Waals surface area contributed by atoms with Gasteiger partial charge in [-0.2, -0.15) is 8.42 Å². The number of hydrogen-bond donors (Lipinski definition) is 2. The summed E-state index contributed by atoms with van der Waals surface area (Å²) in [4.78, 5) is 0. The Morgan fingerprint density at radius 2 is 2.00 bits per heavy atom. The smallest absolute Gasteiger partial charge is 0.446 e. The molecule has 0 bridgehead atoms. The maximum atomic E-state index is 10.3. The maximum Gasteiger partial charge on any atom is 0.446 e. The molecule has 0 fully saturated rings. The van der Waals surface area contributed by atoms with E-state index in [1.165, 1.54) is 12.1 Å². The van der Waals surface area contributed by atoms with Gasteiger partial charge in [-0.15, -0.1) is 0 Å². The highest BCUT2D eigenvalue weighted by atomic mass is 32.3. The molecule has 0 aliphatic rings. The van der Waals surface area contributed by atoms with Crippen LogP contribution < -0.4 is 4.18 Å². The average molecular weight is 204 g/mol. The number of hydrogen-bond acceptors (Lipinski definition) is 4. The van der Waals surface area contributed by atoms with Crippen LogP contribution in [0.1, 0.15) is 5.56 Å². The van der Waals surface area contributed by atoms with Gasteiger partial charge in [-0.25, -0.2) is 0 Å². The molecule has 1 aromatic rings. The lowest BCUT2D eigenvalue weighted by Gasteiger charge is -2.05. The minimum Gasteiger partial charge on any atom is -0.504 e. The van der Waals surface area contributed by atoms with Crippen LogP contribution in [0.5, 0.6) is 11.5 Å². The van der Waals surface area contributed by atoms with Crippen LogP contribution >= 0.6 is 0 Å². The summed E-state index contributed by atoms with van der Waals surface area (Å²) in [6.07, 6.45) is 0. The summed E-state index contributed by atoms with van der Waals surface area (Å²) in [5, 5.41) is 9.26. The van der Waals surface area contributed by atoms with Crippen molar-refractivity contribution >= 4 is 10.4 Å². The summed E-state index contributed by atoms with van der Waals surface area (Å²) in [5.41, 5.74) is 0.459. The Kier molecular flexibility index (Phi) is 2.44. The van der Waals surface area contributed by atoms with E-state index < -0.39 is 10.4 Å². The highest BCUT2D eigenvalue weighted by molar-refractivity contribution is 7.81. The third-order valence-corrected chi connectivity index (χ3v) is 1.79. The van der Waals surface area contributed by atoms with E-state index in [4.69, 9.17) is 4.55 Å². The van der Waals surface area contributed by atoms with E-state index in [0.717, 1.165) is 0 Å². The Hall–Kier alpha value is -1.27. The number of aryl methyl sites for hydroxylation is 1. The number of para-hydroxylation sites is 1. The molecule has 0 radical (unpaired) electrons. The number of benzene rings is 1. The van der Waals surface area contributed by atoms with Crippen LogP contribution in [-0.2, 0) is 10.4 Å². The van der Waals surface area contributed by atoms with Crippen LogP contribution in [0.4, 0.5) is 0 Å². The molecule has 0 aliphatic carbocycles. The second-order valence-electron chi connectivity index (χ2n) is 2.43. The van der Waals surface area contributed by atoms with E-state index in [0.29, 0.717) is 5.56 Å². The van der Waals surface area contributed by atoms with Crippen molar-refractivity contribution in [1.82, 2.24) is 0 Å². The molecule has 6 heteroatoms. The third kappa shape index (κ3) is 2.60. The molecule has 0 saturated heterocycles. The SMILES string of the molecule is Cc1cccc(OS(=O)(=O)O)c1O.